The zero-order valence-corrected chi connectivity index (χ0v) is 20.1. The van der Waals surface area contributed by atoms with Gasteiger partial charge in [0.1, 0.15) is 11.8 Å². The van der Waals surface area contributed by atoms with Crippen molar-refractivity contribution in [2.75, 3.05) is 12.9 Å². The Morgan fingerprint density at radius 1 is 1.22 bits per heavy atom. The van der Waals surface area contributed by atoms with E-state index in [2.05, 4.69) is 30.3 Å². The van der Waals surface area contributed by atoms with Gasteiger partial charge in [0.15, 0.2) is 0 Å². The van der Waals surface area contributed by atoms with Crippen LogP contribution in [0, 0.1) is 29.1 Å². The van der Waals surface area contributed by atoms with Crippen LogP contribution in [-0.4, -0.2) is 23.4 Å². The summed E-state index contributed by atoms with van der Waals surface area (Å²) in [6, 6.07) is 11.2. The first-order valence-electron chi connectivity index (χ1n) is 12.0. The van der Waals surface area contributed by atoms with Crippen molar-refractivity contribution in [3.05, 3.63) is 41.1 Å². The number of carbonyl (C=O) groups is 1. The van der Waals surface area contributed by atoms with E-state index >= 15 is 0 Å². The van der Waals surface area contributed by atoms with Crippen molar-refractivity contribution in [3.8, 4) is 17.2 Å². The highest BCUT2D eigenvalue weighted by molar-refractivity contribution is 7.98. The Morgan fingerprint density at radius 2 is 1.97 bits per heavy atom. The van der Waals surface area contributed by atoms with Gasteiger partial charge < -0.3 is 9.30 Å². The highest BCUT2D eigenvalue weighted by Gasteiger charge is 2.52. The molecule has 5 rings (SSSR count). The third-order valence-electron chi connectivity index (χ3n) is 8.38. The van der Waals surface area contributed by atoms with Gasteiger partial charge in [-0.1, -0.05) is 43.5 Å². The van der Waals surface area contributed by atoms with E-state index in [1.54, 1.807) is 0 Å². The molecular formula is C27H32N2O2S. The Kier molecular flexibility index (Phi) is 5.61. The number of rotatable bonds is 5. The van der Waals surface area contributed by atoms with Crippen LogP contribution in [0.2, 0.25) is 0 Å². The summed E-state index contributed by atoms with van der Waals surface area (Å²) in [4.78, 5) is 12.8. The van der Waals surface area contributed by atoms with Gasteiger partial charge in [-0.15, -0.1) is 11.8 Å². The lowest BCUT2D eigenvalue weighted by atomic mass is 9.66. The van der Waals surface area contributed by atoms with Gasteiger partial charge >= 0.3 is 5.97 Å². The minimum Gasteiger partial charge on any atom is -0.461 e. The second-order valence-electron chi connectivity index (χ2n) is 10.0. The van der Waals surface area contributed by atoms with E-state index in [1.165, 1.54) is 62.3 Å². The number of carbonyl (C=O) groups excluding carboxylic acids is 1. The third kappa shape index (κ3) is 3.30. The van der Waals surface area contributed by atoms with E-state index in [4.69, 9.17) is 4.74 Å². The first-order chi connectivity index (χ1) is 15.5. The number of nitriles is 1. The van der Waals surface area contributed by atoms with Gasteiger partial charge in [-0.05, 0) is 73.2 Å². The van der Waals surface area contributed by atoms with Crippen LogP contribution in [0.25, 0.3) is 11.1 Å². The van der Waals surface area contributed by atoms with Crippen LogP contribution < -0.4 is 0 Å². The molecule has 5 heteroatoms. The standard InChI is InChI=1S/C27H32N2O2S/c1-4-31-26(30)24-23(22(16-28)25(32-3)29(24)2)18-8-10-21(11-9-18)27-13-17-6-5-7-19(14-27)20(12-17)15-27/h8-11,17,19-20H,4-7,12-15H2,1-3H3/t17-,19-,20?,27+/m0/s1. The first kappa shape index (κ1) is 21.6. The summed E-state index contributed by atoms with van der Waals surface area (Å²) in [6.45, 7) is 2.12. The molecule has 3 aliphatic rings. The summed E-state index contributed by atoms with van der Waals surface area (Å²) in [6.07, 6.45) is 11.6. The van der Waals surface area contributed by atoms with Crippen molar-refractivity contribution in [1.82, 2.24) is 4.57 Å². The molecule has 0 amide bonds. The van der Waals surface area contributed by atoms with Crippen molar-refractivity contribution >= 4 is 17.7 Å². The number of hydrogen-bond acceptors (Lipinski definition) is 4. The number of aromatic nitrogens is 1. The molecule has 4 atom stereocenters. The summed E-state index contributed by atoms with van der Waals surface area (Å²) in [5, 5.41) is 10.7. The molecule has 4 nitrogen and oxygen atoms in total. The van der Waals surface area contributed by atoms with Crippen molar-refractivity contribution < 1.29 is 9.53 Å². The highest BCUT2D eigenvalue weighted by atomic mass is 32.2. The molecule has 1 heterocycles. The molecule has 3 bridgehead atoms. The maximum atomic E-state index is 12.8. The fourth-order valence-corrected chi connectivity index (χ4v) is 7.94. The van der Waals surface area contributed by atoms with Crippen LogP contribution in [0.15, 0.2) is 29.3 Å². The van der Waals surface area contributed by atoms with Crippen LogP contribution in [0.1, 0.15) is 73.5 Å². The molecule has 1 aromatic carbocycles. The van der Waals surface area contributed by atoms with Gasteiger partial charge in [0.05, 0.1) is 17.2 Å². The Bertz CT molecular complexity index is 1080. The predicted molar refractivity (Wildman–Crippen MR) is 128 cm³/mol. The Hall–Kier alpha value is -2.19. The van der Waals surface area contributed by atoms with Crippen LogP contribution >= 0.6 is 11.8 Å². The molecule has 0 aliphatic heterocycles. The maximum absolute atomic E-state index is 12.8. The Morgan fingerprint density at radius 3 is 2.66 bits per heavy atom. The van der Waals surface area contributed by atoms with Gasteiger partial charge in [0, 0.05) is 12.6 Å². The van der Waals surface area contributed by atoms with Gasteiger partial charge in [-0.3, -0.25) is 0 Å². The maximum Gasteiger partial charge on any atom is 0.355 e. The number of benzene rings is 1. The van der Waals surface area contributed by atoms with Crippen molar-refractivity contribution in [2.45, 2.75) is 62.3 Å². The summed E-state index contributed by atoms with van der Waals surface area (Å²) < 4.78 is 7.16. The van der Waals surface area contributed by atoms with Crippen molar-refractivity contribution in [3.63, 3.8) is 0 Å². The second-order valence-corrected chi connectivity index (χ2v) is 10.8. The predicted octanol–water partition coefficient (Wildman–Crippen LogP) is 6.32. The fourth-order valence-electron chi connectivity index (χ4n) is 7.22. The molecule has 3 saturated carbocycles. The molecule has 3 aliphatic carbocycles. The number of thioether (sulfide) groups is 1. The average Bonchev–Trinajstić information content (AvgIpc) is 3.17. The van der Waals surface area contributed by atoms with E-state index in [0.717, 1.165) is 28.3 Å². The average molecular weight is 449 g/mol. The van der Waals surface area contributed by atoms with Gasteiger partial charge in [0.25, 0.3) is 0 Å². The largest absolute Gasteiger partial charge is 0.461 e. The monoisotopic (exact) mass is 448 g/mol. The van der Waals surface area contributed by atoms with Gasteiger partial charge in [0.2, 0.25) is 0 Å². The van der Waals surface area contributed by atoms with Crippen LogP contribution in [0.5, 0.6) is 0 Å². The number of nitrogens with zero attached hydrogens (tertiary/aromatic N) is 2. The summed E-state index contributed by atoms with van der Waals surface area (Å²) in [5.41, 5.74) is 4.43. The van der Waals surface area contributed by atoms with Gasteiger partial charge in [-0.25, -0.2) is 4.79 Å². The number of esters is 1. The number of fused-ring (bicyclic) bond motifs is 2. The van der Waals surface area contributed by atoms with E-state index < -0.39 is 0 Å². The lowest BCUT2D eigenvalue weighted by Gasteiger charge is -2.38. The van der Waals surface area contributed by atoms with E-state index in [1.807, 2.05) is 24.8 Å². The summed E-state index contributed by atoms with van der Waals surface area (Å²) in [5.74, 6) is 2.33. The van der Waals surface area contributed by atoms with E-state index in [0.29, 0.717) is 28.8 Å². The van der Waals surface area contributed by atoms with Gasteiger partial charge in [-0.2, -0.15) is 5.26 Å². The molecule has 3 fully saturated rings. The normalized spacial score (nSPS) is 28.4. The molecule has 0 N–H and O–H groups in total. The summed E-state index contributed by atoms with van der Waals surface area (Å²) >= 11 is 1.49. The van der Waals surface area contributed by atoms with Crippen LogP contribution in [0.3, 0.4) is 0 Å². The smallest absolute Gasteiger partial charge is 0.355 e. The van der Waals surface area contributed by atoms with Crippen molar-refractivity contribution in [2.24, 2.45) is 24.8 Å². The number of ether oxygens (including phenoxy) is 1. The number of hydrogen-bond donors (Lipinski definition) is 0. The summed E-state index contributed by atoms with van der Waals surface area (Å²) in [7, 11) is 1.84. The zero-order valence-electron chi connectivity index (χ0n) is 19.3. The lowest BCUT2D eigenvalue weighted by molar-refractivity contribution is 0.0515. The lowest BCUT2D eigenvalue weighted by Crippen LogP contribution is -2.30. The molecule has 0 radical (unpaired) electrons. The molecule has 32 heavy (non-hydrogen) atoms. The molecule has 1 unspecified atom stereocenters. The molecule has 2 aromatic rings. The molecule has 0 saturated heterocycles. The fraction of sp³-hybridized carbons (Fsp3) is 0.556. The topological polar surface area (TPSA) is 55.0 Å². The minimum absolute atomic E-state index is 0.310. The van der Waals surface area contributed by atoms with E-state index in [9.17, 15) is 10.1 Å². The second kappa shape index (κ2) is 8.30. The highest BCUT2D eigenvalue weighted by Crippen LogP contribution is 2.60. The first-order valence-corrected chi connectivity index (χ1v) is 13.2. The molecule has 0 spiro atoms. The van der Waals surface area contributed by atoms with Crippen molar-refractivity contribution in [1.29, 1.82) is 5.26 Å². The minimum atomic E-state index is -0.372. The molecule has 1 aromatic heterocycles. The zero-order chi connectivity index (χ0) is 22.5. The Labute approximate surface area is 195 Å². The SMILES string of the molecule is CCOC(=O)c1c(-c2ccc([C@@]34CC5C[C@H](CCC[C@H]5C3)C4)cc2)c(C#N)c(SC)n1C. The quantitative estimate of drug-likeness (QED) is 0.397. The molecule has 168 valence electrons. The van der Waals surface area contributed by atoms with Crippen LogP contribution in [0.4, 0.5) is 0 Å². The third-order valence-corrected chi connectivity index (χ3v) is 9.24. The van der Waals surface area contributed by atoms with E-state index in [-0.39, 0.29) is 5.97 Å². The molecular weight excluding hydrogens is 416 g/mol. The Balaban J connectivity index is 1.55. The van der Waals surface area contributed by atoms with Crippen LogP contribution in [-0.2, 0) is 17.2 Å².